The van der Waals surface area contributed by atoms with Gasteiger partial charge < -0.3 is 5.32 Å². The predicted molar refractivity (Wildman–Crippen MR) is 64.8 cm³/mol. The van der Waals surface area contributed by atoms with Gasteiger partial charge in [-0.3, -0.25) is 0 Å². The highest BCUT2D eigenvalue weighted by Gasteiger charge is 2.28. The number of halogens is 3. The summed E-state index contributed by atoms with van der Waals surface area (Å²) < 4.78 is 36.3. The van der Waals surface area contributed by atoms with Crippen molar-refractivity contribution in [2.75, 3.05) is 6.54 Å². The Labute approximate surface area is 108 Å². The Balaban J connectivity index is 2.44. The number of thioether (sulfide) groups is 1. The third kappa shape index (κ3) is 5.94. The maximum atomic E-state index is 12.1. The maximum absolute atomic E-state index is 12.1. The van der Waals surface area contributed by atoms with Gasteiger partial charge in [0.2, 0.25) is 0 Å². The van der Waals surface area contributed by atoms with E-state index in [1.54, 1.807) is 19.1 Å². The lowest BCUT2D eigenvalue weighted by Crippen LogP contribution is -2.19. The minimum Gasteiger partial charge on any atom is -0.311 e. The van der Waals surface area contributed by atoms with Crippen molar-refractivity contribution in [3.05, 3.63) is 29.8 Å². The molecule has 2 nitrogen and oxygen atoms in total. The molecule has 0 heterocycles. The summed E-state index contributed by atoms with van der Waals surface area (Å²) in [4.78, 5) is 0.177. The molecule has 98 valence electrons. The van der Waals surface area contributed by atoms with Gasteiger partial charge in [0.1, 0.15) is 0 Å². The number of nitrogens with zero attached hydrogens (tertiary/aromatic N) is 1. The summed E-state index contributed by atoms with van der Waals surface area (Å²) in [5.74, 6) is -0.0786. The van der Waals surface area contributed by atoms with E-state index in [4.69, 9.17) is 5.26 Å². The Bertz CT molecular complexity index is 409. The molecule has 0 aliphatic rings. The second-order valence-corrected chi connectivity index (χ2v) is 4.99. The minimum absolute atomic E-state index is 0.0786. The lowest BCUT2D eigenvalue weighted by atomic mass is 10.2. The molecule has 18 heavy (non-hydrogen) atoms. The molecular formula is C12H13F3N2S. The second kappa shape index (κ2) is 6.66. The molecule has 6 heteroatoms. The molecule has 0 saturated carbocycles. The van der Waals surface area contributed by atoms with Crippen LogP contribution in [0, 0.1) is 17.2 Å². The van der Waals surface area contributed by atoms with E-state index in [-0.39, 0.29) is 22.6 Å². The van der Waals surface area contributed by atoms with Gasteiger partial charge in [0.05, 0.1) is 12.0 Å². The van der Waals surface area contributed by atoms with Crippen LogP contribution in [0.3, 0.4) is 0 Å². The van der Waals surface area contributed by atoms with Crippen molar-refractivity contribution in [3.63, 3.8) is 0 Å². The first kappa shape index (κ1) is 14.9. The summed E-state index contributed by atoms with van der Waals surface area (Å²) in [6.07, 6.45) is 0. The van der Waals surface area contributed by atoms with Crippen molar-refractivity contribution in [2.24, 2.45) is 5.92 Å². The van der Waals surface area contributed by atoms with E-state index in [0.717, 1.165) is 5.56 Å². The highest BCUT2D eigenvalue weighted by molar-refractivity contribution is 8.00. The quantitative estimate of drug-likeness (QED) is 0.834. The van der Waals surface area contributed by atoms with E-state index in [9.17, 15) is 13.2 Å². The molecule has 0 radical (unpaired) electrons. The SMILES string of the molecule is CC(C#N)CNCc1ccc(SC(F)(F)F)cc1. The number of alkyl halides is 3. The van der Waals surface area contributed by atoms with E-state index >= 15 is 0 Å². The molecule has 0 aliphatic carbocycles. The Morgan fingerprint density at radius 2 is 1.94 bits per heavy atom. The zero-order valence-corrected chi connectivity index (χ0v) is 10.6. The fourth-order valence-electron chi connectivity index (χ4n) is 1.29. The number of nitriles is 1. The number of benzene rings is 1. The molecule has 1 atom stereocenters. The molecule has 0 bridgehead atoms. The van der Waals surface area contributed by atoms with Crippen molar-refractivity contribution >= 4 is 11.8 Å². The van der Waals surface area contributed by atoms with Crippen LogP contribution >= 0.6 is 11.8 Å². The smallest absolute Gasteiger partial charge is 0.311 e. The van der Waals surface area contributed by atoms with E-state index in [0.29, 0.717) is 13.1 Å². The van der Waals surface area contributed by atoms with E-state index in [1.807, 2.05) is 0 Å². The van der Waals surface area contributed by atoms with E-state index in [2.05, 4.69) is 11.4 Å². The molecular weight excluding hydrogens is 261 g/mol. The Kier molecular flexibility index (Phi) is 5.51. The fourth-order valence-corrected chi connectivity index (χ4v) is 1.83. The monoisotopic (exact) mass is 274 g/mol. The van der Waals surface area contributed by atoms with Gasteiger partial charge in [-0.05, 0) is 36.4 Å². The van der Waals surface area contributed by atoms with Gasteiger partial charge in [0, 0.05) is 18.0 Å². The highest BCUT2D eigenvalue weighted by atomic mass is 32.2. The van der Waals surface area contributed by atoms with Gasteiger partial charge in [-0.1, -0.05) is 12.1 Å². The summed E-state index contributed by atoms with van der Waals surface area (Å²) >= 11 is -0.122. The molecule has 1 rings (SSSR count). The van der Waals surface area contributed by atoms with Crippen LogP contribution in [0.2, 0.25) is 0 Å². The largest absolute Gasteiger partial charge is 0.446 e. The average Bonchev–Trinajstić information content (AvgIpc) is 2.29. The molecule has 1 N–H and O–H groups in total. The van der Waals surface area contributed by atoms with Gasteiger partial charge >= 0.3 is 5.51 Å². The zero-order valence-electron chi connectivity index (χ0n) is 9.79. The Morgan fingerprint density at radius 1 is 1.33 bits per heavy atom. The highest BCUT2D eigenvalue weighted by Crippen LogP contribution is 2.36. The van der Waals surface area contributed by atoms with Crippen LogP contribution in [-0.2, 0) is 6.54 Å². The van der Waals surface area contributed by atoms with Crippen LogP contribution in [-0.4, -0.2) is 12.1 Å². The van der Waals surface area contributed by atoms with Crippen molar-refractivity contribution in [2.45, 2.75) is 23.9 Å². The summed E-state index contributed by atoms with van der Waals surface area (Å²) in [6.45, 7) is 2.91. The Hall–Kier alpha value is -1.19. The van der Waals surface area contributed by atoms with Gasteiger partial charge in [-0.15, -0.1) is 0 Å². The summed E-state index contributed by atoms with van der Waals surface area (Å²) in [5.41, 5.74) is -3.35. The van der Waals surface area contributed by atoms with Crippen molar-refractivity contribution < 1.29 is 13.2 Å². The summed E-state index contributed by atoms with van der Waals surface area (Å²) in [7, 11) is 0. The van der Waals surface area contributed by atoms with Gasteiger partial charge in [0.25, 0.3) is 0 Å². The fraction of sp³-hybridized carbons (Fsp3) is 0.417. The first-order chi connectivity index (χ1) is 8.40. The zero-order chi connectivity index (χ0) is 13.6. The van der Waals surface area contributed by atoms with Crippen LogP contribution in [0.4, 0.5) is 13.2 Å². The van der Waals surface area contributed by atoms with Crippen LogP contribution in [0.5, 0.6) is 0 Å². The number of hydrogen-bond donors (Lipinski definition) is 1. The Morgan fingerprint density at radius 3 is 2.44 bits per heavy atom. The summed E-state index contributed by atoms with van der Waals surface area (Å²) in [6, 6.07) is 8.29. The summed E-state index contributed by atoms with van der Waals surface area (Å²) in [5, 5.41) is 11.6. The van der Waals surface area contributed by atoms with Crippen molar-refractivity contribution in [3.8, 4) is 6.07 Å². The maximum Gasteiger partial charge on any atom is 0.446 e. The average molecular weight is 274 g/mol. The number of hydrogen-bond acceptors (Lipinski definition) is 3. The first-order valence-corrected chi connectivity index (χ1v) is 6.17. The first-order valence-electron chi connectivity index (χ1n) is 5.36. The molecule has 0 spiro atoms. The van der Waals surface area contributed by atoms with Gasteiger partial charge in [0.15, 0.2) is 0 Å². The molecule has 1 aromatic carbocycles. The van der Waals surface area contributed by atoms with Crippen molar-refractivity contribution in [1.29, 1.82) is 5.26 Å². The molecule has 0 fully saturated rings. The van der Waals surface area contributed by atoms with Crippen molar-refractivity contribution in [1.82, 2.24) is 5.32 Å². The van der Waals surface area contributed by atoms with Gasteiger partial charge in [-0.2, -0.15) is 18.4 Å². The molecule has 1 aromatic rings. The molecule has 1 unspecified atom stereocenters. The molecule has 0 aliphatic heterocycles. The lowest BCUT2D eigenvalue weighted by molar-refractivity contribution is -0.0328. The second-order valence-electron chi connectivity index (χ2n) is 3.85. The normalized spacial score (nSPS) is 13.1. The van der Waals surface area contributed by atoms with Gasteiger partial charge in [-0.25, -0.2) is 0 Å². The van der Waals surface area contributed by atoms with Crippen LogP contribution in [0.1, 0.15) is 12.5 Å². The minimum atomic E-state index is -4.25. The van der Waals surface area contributed by atoms with Crippen LogP contribution in [0.15, 0.2) is 29.2 Å². The van der Waals surface area contributed by atoms with E-state index in [1.165, 1.54) is 12.1 Å². The lowest BCUT2D eigenvalue weighted by Gasteiger charge is -2.08. The van der Waals surface area contributed by atoms with E-state index < -0.39 is 5.51 Å². The van der Waals surface area contributed by atoms with Crippen LogP contribution < -0.4 is 5.32 Å². The predicted octanol–water partition coefficient (Wildman–Crippen LogP) is 3.55. The molecule has 0 amide bonds. The van der Waals surface area contributed by atoms with Crippen LogP contribution in [0.25, 0.3) is 0 Å². The topological polar surface area (TPSA) is 35.8 Å². The molecule has 0 saturated heterocycles. The molecule has 0 aromatic heterocycles. The third-order valence-electron chi connectivity index (χ3n) is 2.16. The number of rotatable bonds is 5. The standard InChI is InChI=1S/C12H13F3N2S/c1-9(6-16)7-17-8-10-2-4-11(5-3-10)18-12(13,14)15/h2-5,9,17H,7-8H2,1H3. The number of nitrogens with one attached hydrogen (secondary N) is 1. The third-order valence-corrected chi connectivity index (χ3v) is 2.90.